The molecule has 4 aromatic rings. The van der Waals surface area contributed by atoms with E-state index in [4.69, 9.17) is 4.74 Å². The van der Waals surface area contributed by atoms with E-state index in [1.807, 2.05) is 81.4 Å². The van der Waals surface area contributed by atoms with Gasteiger partial charge in [0.2, 0.25) is 0 Å². The molecule has 3 amide bonds. The molecule has 7 heteroatoms. The molecule has 39 heavy (non-hydrogen) atoms. The third kappa shape index (κ3) is 5.08. The van der Waals surface area contributed by atoms with Crippen molar-refractivity contribution in [2.24, 2.45) is 0 Å². The molecule has 4 aromatic carbocycles. The number of carbonyl (C=O) groups excluding carboxylic acids is 3. The SMILES string of the molecule is COC(=O)C1(NC(=O)c2cc3ccccc3cc2NC(=O)Nc2c(C)cc(C)cc2C)Cc2ccccc2C1. The Balaban J connectivity index is 1.48. The van der Waals surface area contributed by atoms with E-state index >= 15 is 0 Å². The van der Waals surface area contributed by atoms with Gasteiger partial charge in [-0.1, -0.05) is 66.2 Å². The molecule has 0 saturated heterocycles. The third-order valence-electron chi connectivity index (χ3n) is 7.33. The summed E-state index contributed by atoms with van der Waals surface area (Å²) in [6.07, 6.45) is 0.648. The maximum Gasteiger partial charge on any atom is 0.332 e. The minimum atomic E-state index is -1.24. The minimum absolute atomic E-state index is 0.250. The number of aryl methyl sites for hydroxylation is 3. The van der Waals surface area contributed by atoms with Crippen molar-refractivity contribution < 1.29 is 19.1 Å². The van der Waals surface area contributed by atoms with Crippen LogP contribution in [0, 0.1) is 20.8 Å². The molecule has 0 fully saturated rings. The molecule has 3 N–H and O–H groups in total. The van der Waals surface area contributed by atoms with E-state index in [9.17, 15) is 14.4 Å². The summed E-state index contributed by atoms with van der Waals surface area (Å²) in [6.45, 7) is 5.89. The Bertz CT molecular complexity index is 1580. The van der Waals surface area contributed by atoms with Gasteiger partial charge in [0, 0.05) is 18.5 Å². The van der Waals surface area contributed by atoms with Crippen molar-refractivity contribution in [2.75, 3.05) is 17.7 Å². The molecule has 0 heterocycles. The molecule has 0 aromatic heterocycles. The highest BCUT2D eigenvalue weighted by Gasteiger charge is 2.46. The van der Waals surface area contributed by atoms with Crippen LogP contribution >= 0.6 is 0 Å². The van der Waals surface area contributed by atoms with E-state index < -0.39 is 23.4 Å². The molecule has 0 spiro atoms. The number of hydrogen-bond acceptors (Lipinski definition) is 4. The van der Waals surface area contributed by atoms with Gasteiger partial charge in [0.05, 0.1) is 18.4 Å². The van der Waals surface area contributed by atoms with E-state index in [-0.39, 0.29) is 5.56 Å². The summed E-state index contributed by atoms with van der Waals surface area (Å²) in [5.41, 5.74) is 5.04. The fourth-order valence-corrected chi connectivity index (χ4v) is 5.55. The zero-order valence-electron chi connectivity index (χ0n) is 22.5. The van der Waals surface area contributed by atoms with Crippen molar-refractivity contribution in [1.29, 1.82) is 0 Å². The first-order chi connectivity index (χ1) is 18.7. The van der Waals surface area contributed by atoms with Crippen molar-refractivity contribution in [3.05, 3.63) is 106 Å². The highest BCUT2D eigenvalue weighted by atomic mass is 16.5. The van der Waals surface area contributed by atoms with Gasteiger partial charge in [-0.15, -0.1) is 0 Å². The van der Waals surface area contributed by atoms with Crippen LogP contribution in [-0.2, 0) is 22.4 Å². The van der Waals surface area contributed by atoms with Crippen molar-refractivity contribution in [3.8, 4) is 0 Å². The summed E-state index contributed by atoms with van der Waals surface area (Å²) in [7, 11) is 1.32. The summed E-state index contributed by atoms with van der Waals surface area (Å²) < 4.78 is 5.13. The molecule has 0 radical (unpaired) electrons. The van der Waals surface area contributed by atoms with Gasteiger partial charge in [-0.05, 0) is 65.9 Å². The van der Waals surface area contributed by atoms with Gasteiger partial charge in [-0.2, -0.15) is 0 Å². The number of carbonyl (C=O) groups is 3. The number of anilines is 2. The number of hydrogen-bond donors (Lipinski definition) is 3. The normalized spacial score (nSPS) is 13.4. The number of fused-ring (bicyclic) bond motifs is 2. The number of amides is 3. The number of rotatable bonds is 5. The second kappa shape index (κ2) is 10.3. The van der Waals surface area contributed by atoms with Crippen LogP contribution in [0.3, 0.4) is 0 Å². The lowest BCUT2D eigenvalue weighted by Gasteiger charge is -2.28. The van der Waals surface area contributed by atoms with Crippen molar-refractivity contribution in [1.82, 2.24) is 5.32 Å². The number of ether oxygens (including phenoxy) is 1. The predicted molar refractivity (Wildman–Crippen MR) is 153 cm³/mol. The quantitative estimate of drug-likeness (QED) is 0.287. The number of nitrogens with one attached hydrogen (secondary N) is 3. The largest absolute Gasteiger partial charge is 0.467 e. The molecule has 0 saturated carbocycles. The first-order valence-electron chi connectivity index (χ1n) is 12.9. The van der Waals surface area contributed by atoms with Gasteiger partial charge in [0.25, 0.3) is 5.91 Å². The summed E-state index contributed by atoms with van der Waals surface area (Å²) in [4.78, 5) is 40.0. The van der Waals surface area contributed by atoms with Crippen LogP contribution in [0.4, 0.5) is 16.2 Å². The Morgan fingerprint density at radius 3 is 1.92 bits per heavy atom. The summed E-state index contributed by atoms with van der Waals surface area (Å²) in [6, 6.07) is 22.4. The fourth-order valence-electron chi connectivity index (χ4n) is 5.55. The van der Waals surface area contributed by atoms with Crippen LogP contribution < -0.4 is 16.0 Å². The van der Waals surface area contributed by atoms with Crippen LogP contribution in [0.1, 0.15) is 38.2 Å². The van der Waals surface area contributed by atoms with E-state index in [2.05, 4.69) is 16.0 Å². The second-order valence-corrected chi connectivity index (χ2v) is 10.2. The zero-order valence-corrected chi connectivity index (χ0v) is 22.5. The monoisotopic (exact) mass is 521 g/mol. The van der Waals surface area contributed by atoms with E-state index in [1.54, 1.807) is 12.1 Å². The Morgan fingerprint density at radius 2 is 1.33 bits per heavy atom. The summed E-state index contributed by atoms with van der Waals surface area (Å²) in [5.74, 6) is -0.984. The van der Waals surface area contributed by atoms with Gasteiger partial charge < -0.3 is 20.7 Å². The average Bonchev–Trinajstić information content (AvgIpc) is 3.29. The van der Waals surface area contributed by atoms with Gasteiger partial charge in [-0.3, -0.25) is 4.79 Å². The highest BCUT2D eigenvalue weighted by molar-refractivity contribution is 6.11. The van der Waals surface area contributed by atoms with Crippen LogP contribution in [0.15, 0.2) is 72.8 Å². The predicted octanol–water partition coefficient (Wildman–Crippen LogP) is 5.85. The molecular formula is C32H31N3O4. The topological polar surface area (TPSA) is 96.5 Å². The lowest BCUT2D eigenvalue weighted by atomic mass is 9.94. The Hall–Kier alpha value is -4.65. The number of esters is 1. The first-order valence-corrected chi connectivity index (χ1v) is 12.9. The molecule has 7 nitrogen and oxygen atoms in total. The summed E-state index contributed by atoms with van der Waals surface area (Å²) in [5, 5.41) is 10.5. The van der Waals surface area contributed by atoms with E-state index in [0.717, 1.165) is 44.3 Å². The standard InChI is InChI=1S/C32H31N3O4/c1-19-13-20(2)28(21(3)14-19)34-31(38)33-27-16-23-10-6-5-9-22(23)15-26(27)29(36)35-32(30(37)39-4)17-24-11-7-8-12-25(24)18-32/h5-16H,17-18H2,1-4H3,(H,35,36)(H2,33,34,38). The van der Waals surface area contributed by atoms with E-state index in [1.165, 1.54) is 7.11 Å². The Labute approximate surface area is 227 Å². The zero-order chi connectivity index (χ0) is 27.7. The number of urea groups is 1. The number of benzene rings is 4. The van der Waals surface area contributed by atoms with Crippen LogP contribution in [0.25, 0.3) is 10.8 Å². The van der Waals surface area contributed by atoms with Gasteiger partial charge >= 0.3 is 12.0 Å². The molecule has 198 valence electrons. The van der Waals surface area contributed by atoms with Crippen molar-refractivity contribution in [2.45, 2.75) is 39.2 Å². The fraction of sp³-hybridized carbons (Fsp3) is 0.219. The van der Waals surface area contributed by atoms with Gasteiger partial charge in [0.1, 0.15) is 5.54 Å². The van der Waals surface area contributed by atoms with Crippen LogP contribution in [-0.4, -0.2) is 30.6 Å². The average molecular weight is 522 g/mol. The third-order valence-corrected chi connectivity index (χ3v) is 7.33. The summed E-state index contributed by atoms with van der Waals surface area (Å²) >= 11 is 0. The molecule has 0 bridgehead atoms. The molecule has 0 atom stereocenters. The molecule has 0 unspecified atom stereocenters. The van der Waals surface area contributed by atoms with Gasteiger partial charge in [0.15, 0.2) is 0 Å². The lowest BCUT2D eigenvalue weighted by molar-refractivity contribution is -0.147. The van der Waals surface area contributed by atoms with Crippen LogP contribution in [0.2, 0.25) is 0 Å². The number of methoxy groups -OCH3 is 1. The smallest absolute Gasteiger partial charge is 0.332 e. The van der Waals surface area contributed by atoms with Crippen molar-refractivity contribution >= 4 is 40.1 Å². The highest BCUT2D eigenvalue weighted by Crippen LogP contribution is 2.33. The second-order valence-electron chi connectivity index (χ2n) is 10.2. The van der Waals surface area contributed by atoms with E-state index in [0.29, 0.717) is 18.5 Å². The lowest BCUT2D eigenvalue weighted by Crippen LogP contribution is -2.56. The molecule has 1 aliphatic rings. The first kappa shape index (κ1) is 26.0. The van der Waals surface area contributed by atoms with Crippen LogP contribution in [0.5, 0.6) is 0 Å². The molecule has 5 rings (SSSR count). The van der Waals surface area contributed by atoms with Crippen molar-refractivity contribution in [3.63, 3.8) is 0 Å². The molecule has 1 aliphatic carbocycles. The maximum absolute atomic E-state index is 13.8. The minimum Gasteiger partial charge on any atom is -0.467 e. The molecule has 0 aliphatic heterocycles. The van der Waals surface area contributed by atoms with Gasteiger partial charge in [-0.25, -0.2) is 9.59 Å². The maximum atomic E-state index is 13.8. The molecular weight excluding hydrogens is 490 g/mol. The Kier molecular flexibility index (Phi) is 6.83. The Morgan fingerprint density at radius 1 is 0.769 bits per heavy atom.